The predicted molar refractivity (Wildman–Crippen MR) is 93.5 cm³/mol. The third-order valence-electron chi connectivity index (χ3n) is 3.33. The number of primary amides is 1. The van der Waals surface area contributed by atoms with E-state index in [4.69, 9.17) is 10.5 Å². The number of rotatable bonds is 6. The molecule has 25 heavy (non-hydrogen) atoms. The average molecular weight is 341 g/mol. The second-order valence-electron chi connectivity index (χ2n) is 5.47. The van der Waals surface area contributed by atoms with Gasteiger partial charge in [0.2, 0.25) is 0 Å². The van der Waals surface area contributed by atoms with Crippen LogP contribution in [0.4, 0.5) is 5.69 Å². The number of hydrogen-bond donors (Lipinski definition) is 2. The third kappa shape index (κ3) is 4.81. The summed E-state index contributed by atoms with van der Waals surface area (Å²) in [6, 6.07) is 12.9. The van der Waals surface area contributed by atoms with Crippen molar-refractivity contribution in [1.29, 1.82) is 0 Å². The van der Waals surface area contributed by atoms with Crippen molar-refractivity contribution in [3.8, 4) is 5.75 Å². The van der Waals surface area contributed by atoms with Crippen molar-refractivity contribution in [2.24, 2.45) is 5.73 Å². The van der Waals surface area contributed by atoms with Crippen LogP contribution < -0.4 is 15.8 Å². The molecule has 2 rings (SSSR count). The monoisotopic (exact) mass is 341 g/mol. The van der Waals surface area contributed by atoms with Gasteiger partial charge in [-0.2, -0.15) is 0 Å². The molecule has 0 saturated carbocycles. The topological polar surface area (TPSA) is 102 Å². The van der Waals surface area contributed by atoms with Crippen LogP contribution >= 0.6 is 0 Å². The van der Waals surface area contributed by atoms with Crippen molar-refractivity contribution in [3.63, 3.8) is 0 Å². The highest BCUT2D eigenvalue weighted by molar-refractivity contribution is 5.97. The van der Waals surface area contributed by atoms with Crippen molar-refractivity contribution in [3.05, 3.63) is 59.7 Å². The Morgan fingerprint density at radius 2 is 1.68 bits per heavy atom. The smallest absolute Gasteiger partial charge is 0.262 e. The zero-order valence-electron chi connectivity index (χ0n) is 14.0. The summed E-state index contributed by atoms with van der Waals surface area (Å²) in [6.45, 7) is -0.275. The lowest BCUT2D eigenvalue weighted by atomic mass is 10.2. The molecule has 0 aliphatic heterocycles. The van der Waals surface area contributed by atoms with Gasteiger partial charge in [0.05, 0.1) is 5.56 Å². The molecule has 0 radical (unpaired) electrons. The van der Waals surface area contributed by atoms with E-state index in [0.29, 0.717) is 11.3 Å². The Bertz CT molecular complexity index is 785. The Morgan fingerprint density at radius 3 is 2.28 bits per heavy atom. The molecule has 0 aliphatic rings. The molecule has 0 atom stereocenters. The number of carbonyl (C=O) groups is 3. The normalized spacial score (nSPS) is 10.0. The highest BCUT2D eigenvalue weighted by Crippen LogP contribution is 2.17. The molecule has 0 bridgehead atoms. The minimum atomic E-state index is -0.628. The third-order valence-corrected chi connectivity index (χ3v) is 3.33. The number of ether oxygens (including phenoxy) is 1. The summed E-state index contributed by atoms with van der Waals surface area (Å²) >= 11 is 0. The molecule has 0 saturated heterocycles. The zero-order valence-corrected chi connectivity index (χ0v) is 14.0. The van der Waals surface area contributed by atoms with Gasteiger partial charge in [-0.1, -0.05) is 12.1 Å². The van der Waals surface area contributed by atoms with Crippen LogP contribution in [0, 0.1) is 0 Å². The van der Waals surface area contributed by atoms with E-state index in [0.717, 1.165) is 0 Å². The number of benzene rings is 2. The molecule has 0 fully saturated rings. The van der Waals surface area contributed by atoms with Crippen LogP contribution in [0.25, 0.3) is 0 Å². The van der Waals surface area contributed by atoms with E-state index >= 15 is 0 Å². The number of amides is 3. The van der Waals surface area contributed by atoms with Crippen molar-refractivity contribution < 1.29 is 19.1 Å². The zero-order chi connectivity index (χ0) is 18.4. The van der Waals surface area contributed by atoms with Gasteiger partial charge in [0.1, 0.15) is 5.75 Å². The molecule has 0 aliphatic carbocycles. The summed E-state index contributed by atoms with van der Waals surface area (Å²) in [5.41, 5.74) is 6.52. The lowest BCUT2D eigenvalue weighted by Gasteiger charge is -2.12. The molecule has 3 amide bonds. The number of hydrogen-bond acceptors (Lipinski definition) is 4. The quantitative estimate of drug-likeness (QED) is 0.831. The molecule has 3 N–H and O–H groups in total. The minimum absolute atomic E-state index is 0.121. The molecule has 2 aromatic rings. The van der Waals surface area contributed by atoms with Gasteiger partial charge in [-0.25, -0.2) is 0 Å². The predicted octanol–water partition coefficient (Wildman–Crippen LogP) is 1.50. The molecular formula is C18H19N3O4. The van der Waals surface area contributed by atoms with E-state index < -0.39 is 11.8 Å². The van der Waals surface area contributed by atoms with Crippen LogP contribution in [0.2, 0.25) is 0 Å². The second-order valence-corrected chi connectivity index (χ2v) is 5.47. The first-order valence-electron chi connectivity index (χ1n) is 7.51. The highest BCUT2D eigenvalue weighted by atomic mass is 16.5. The second kappa shape index (κ2) is 7.96. The summed E-state index contributed by atoms with van der Waals surface area (Å²) in [6.07, 6.45) is 0. The van der Waals surface area contributed by atoms with Crippen LogP contribution in [0.15, 0.2) is 48.5 Å². The molecule has 7 heteroatoms. The van der Waals surface area contributed by atoms with Crippen molar-refractivity contribution in [2.45, 2.75) is 0 Å². The van der Waals surface area contributed by atoms with Gasteiger partial charge in [0.25, 0.3) is 17.7 Å². The van der Waals surface area contributed by atoms with E-state index in [9.17, 15) is 14.4 Å². The molecule has 130 valence electrons. The lowest BCUT2D eigenvalue weighted by molar-refractivity contribution is -0.118. The Balaban J connectivity index is 1.95. The van der Waals surface area contributed by atoms with Gasteiger partial charge in [0.15, 0.2) is 6.61 Å². The minimum Gasteiger partial charge on any atom is -0.483 e. The maximum Gasteiger partial charge on any atom is 0.262 e. The Labute approximate surface area is 145 Å². The van der Waals surface area contributed by atoms with Crippen molar-refractivity contribution in [1.82, 2.24) is 4.90 Å². The van der Waals surface area contributed by atoms with E-state index in [1.165, 1.54) is 11.0 Å². The number of nitrogens with zero attached hydrogens (tertiary/aromatic N) is 1. The van der Waals surface area contributed by atoms with Crippen LogP contribution in [-0.2, 0) is 4.79 Å². The van der Waals surface area contributed by atoms with Crippen LogP contribution in [-0.4, -0.2) is 43.3 Å². The van der Waals surface area contributed by atoms with Crippen LogP contribution in [0.3, 0.4) is 0 Å². The summed E-state index contributed by atoms with van der Waals surface area (Å²) in [5, 5.41) is 2.65. The molecule has 0 aromatic heterocycles. The molecule has 2 aromatic carbocycles. The SMILES string of the molecule is CN(C)C(=O)c1ccc(NC(=O)COc2ccccc2C(N)=O)cc1. The summed E-state index contributed by atoms with van der Waals surface area (Å²) in [7, 11) is 3.33. The van der Waals surface area contributed by atoms with E-state index in [2.05, 4.69) is 5.32 Å². The lowest BCUT2D eigenvalue weighted by Crippen LogP contribution is -2.22. The summed E-state index contributed by atoms with van der Waals surface area (Å²) in [4.78, 5) is 36.5. The Morgan fingerprint density at radius 1 is 1.04 bits per heavy atom. The first kappa shape index (κ1) is 18.0. The van der Waals surface area contributed by atoms with Gasteiger partial charge in [-0.05, 0) is 36.4 Å². The first-order chi connectivity index (χ1) is 11.9. The number of anilines is 1. The largest absolute Gasteiger partial charge is 0.483 e. The molecule has 0 spiro atoms. The van der Waals surface area contributed by atoms with Gasteiger partial charge in [-0.3, -0.25) is 14.4 Å². The van der Waals surface area contributed by atoms with E-state index in [1.807, 2.05) is 0 Å². The first-order valence-corrected chi connectivity index (χ1v) is 7.51. The maximum absolute atomic E-state index is 12.0. The van der Waals surface area contributed by atoms with Gasteiger partial charge in [0, 0.05) is 25.3 Å². The Hall–Kier alpha value is -3.35. The highest BCUT2D eigenvalue weighted by Gasteiger charge is 2.11. The summed E-state index contributed by atoms with van der Waals surface area (Å²) < 4.78 is 5.35. The van der Waals surface area contributed by atoms with Gasteiger partial charge >= 0.3 is 0 Å². The standard InChI is InChI=1S/C18H19N3O4/c1-21(2)18(24)12-7-9-13(10-8-12)20-16(22)11-25-15-6-4-3-5-14(15)17(19)23/h3-10H,11H2,1-2H3,(H2,19,23)(H,20,22). The molecular weight excluding hydrogens is 322 g/mol. The van der Waals surface area contributed by atoms with Crippen molar-refractivity contribution in [2.75, 3.05) is 26.0 Å². The van der Waals surface area contributed by atoms with E-state index in [-0.39, 0.29) is 23.8 Å². The van der Waals surface area contributed by atoms with Crippen LogP contribution in [0.5, 0.6) is 5.75 Å². The molecule has 0 unspecified atom stereocenters. The fourth-order valence-electron chi connectivity index (χ4n) is 2.09. The average Bonchev–Trinajstić information content (AvgIpc) is 2.60. The summed E-state index contributed by atoms with van der Waals surface area (Å²) in [5.74, 6) is -0.899. The van der Waals surface area contributed by atoms with Gasteiger partial charge < -0.3 is 20.7 Å². The maximum atomic E-state index is 12.0. The number of nitrogens with one attached hydrogen (secondary N) is 1. The fraction of sp³-hybridized carbons (Fsp3) is 0.167. The van der Waals surface area contributed by atoms with Gasteiger partial charge in [-0.15, -0.1) is 0 Å². The number of carbonyl (C=O) groups excluding carboxylic acids is 3. The molecule has 7 nitrogen and oxygen atoms in total. The molecule has 0 heterocycles. The van der Waals surface area contributed by atoms with E-state index in [1.54, 1.807) is 56.6 Å². The number of para-hydroxylation sites is 1. The fourth-order valence-corrected chi connectivity index (χ4v) is 2.09. The van der Waals surface area contributed by atoms with Crippen LogP contribution in [0.1, 0.15) is 20.7 Å². The van der Waals surface area contributed by atoms with Crippen molar-refractivity contribution >= 4 is 23.4 Å². The number of nitrogens with two attached hydrogens (primary N) is 1. The Kier molecular flexibility index (Phi) is 5.73.